The second-order valence-electron chi connectivity index (χ2n) is 5.13. The predicted molar refractivity (Wildman–Crippen MR) is 81.2 cm³/mol. The minimum atomic E-state index is -1.02. The molecular weight excluding hydrogens is 299 g/mol. The Morgan fingerprint density at radius 1 is 1.26 bits per heavy atom. The summed E-state index contributed by atoms with van der Waals surface area (Å²) in [5, 5.41) is 10.1. The molecule has 5 nitrogen and oxygen atoms in total. The Hall–Kier alpha value is -3.02. The lowest BCUT2D eigenvalue weighted by Gasteiger charge is -2.26. The maximum Gasteiger partial charge on any atom is 0.294 e. The van der Waals surface area contributed by atoms with Gasteiger partial charge in [-0.05, 0) is 25.1 Å². The van der Waals surface area contributed by atoms with Crippen molar-refractivity contribution in [3.8, 4) is 0 Å². The molecule has 2 aromatic rings. The average Bonchev–Trinajstić information content (AvgIpc) is 2.80. The maximum atomic E-state index is 14.3. The average molecular weight is 312 g/mol. The van der Waals surface area contributed by atoms with Gasteiger partial charge in [0.05, 0.1) is 23.5 Å². The third-order valence-corrected chi connectivity index (χ3v) is 3.71. The lowest BCUT2D eigenvalue weighted by Crippen LogP contribution is -2.31. The van der Waals surface area contributed by atoms with Crippen LogP contribution >= 0.6 is 0 Å². The molecule has 0 bridgehead atoms. The van der Waals surface area contributed by atoms with Crippen molar-refractivity contribution in [2.45, 2.75) is 13.0 Å². The number of benzene rings is 1. The first kappa shape index (κ1) is 14.9. The number of aliphatic hydroxyl groups excluding tert-OH is 1. The van der Waals surface area contributed by atoms with Gasteiger partial charge in [-0.15, -0.1) is 0 Å². The lowest BCUT2D eigenvalue weighted by molar-refractivity contribution is -0.117. The number of nitrogens with zero attached hydrogens (tertiary/aromatic N) is 2. The number of aromatic nitrogens is 1. The predicted octanol–water partition coefficient (Wildman–Crippen LogP) is 2.71. The van der Waals surface area contributed by atoms with Crippen molar-refractivity contribution in [2.75, 3.05) is 4.90 Å². The van der Waals surface area contributed by atoms with Gasteiger partial charge in [0.2, 0.25) is 0 Å². The Morgan fingerprint density at radius 2 is 2.00 bits per heavy atom. The summed E-state index contributed by atoms with van der Waals surface area (Å²) >= 11 is 0. The molecule has 116 valence electrons. The van der Waals surface area contributed by atoms with E-state index in [1.54, 1.807) is 18.2 Å². The van der Waals surface area contributed by atoms with Crippen LogP contribution in [0.1, 0.15) is 18.5 Å². The number of Topliss-reactive ketones (excluding diaryl/α,β-unsaturated/α-hetero) is 1. The van der Waals surface area contributed by atoms with E-state index in [0.29, 0.717) is 5.69 Å². The van der Waals surface area contributed by atoms with E-state index in [4.69, 9.17) is 0 Å². The summed E-state index contributed by atoms with van der Waals surface area (Å²) in [4.78, 5) is 29.5. The fourth-order valence-electron chi connectivity index (χ4n) is 2.72. The molecule has 1 aliphatic rings. The molecule has 23 heavy (non-hydrogen) atoms. The van der Waals surface area contributed by atoms with Crippen molar-refractivity contribution in [3.63, 3.8) is 0 Å². The highest BCUT2D eigenvalue weighted by Gasteiger charge is 2.44. The number of halogens is 1. The first-order valence-electron chi connectivity index (χ1n) is 6.94. The number of carbonyl (C=O) groups is 2. The minimum absolute atomic E-state index is 0.121. The van der Waals surface area contributed by atoms with Crippen molar-refractivity contribution < 1.29 is 19.1 Å². The quantitative estimate of drug-likeness (QED) is 0.946. The van der Waals surface area contributed by atoms with Crippen LogP contribution in [0.25, 0.3) is 0 Å². The SMILES string of the molecule is CC(=O)C1=C(O)C(=O)N(c2cccnc2)[C@@H]1c1ccccc1F. The number of hydrogen-bond donors (Lipinski definition) is 1. The number of anilines is 1. The molecule has 6 heteroatoms. The molecule has 1 atom stereocenters. The Morgan fingerprint density at radius 3 is 2.61 bits per heavy atom. The number of amides is 1. The molecule has 0 spiro atoms. The van der Waals surface area contributed by atoms with Gasteiger partial charge in [0, 0.05) is 11.8 Å². The van der Waals surface area contributed by atoms with Gasteiger partial charge in [-0.3, -0.25) is 19.5 Å². The monoisotopic (exact) mass is 312 g/mol. The molecule has 0 aliphatic carbocycles. The van der Waals surface area contributed by atoms with Crippen LogP contribution in [0, 0.1) is 5.82 Å². The molecule has 1 aromatic carbocycles. The minimum Gasteiger partial charge on any atom is -0.503 e. The van der Waals surface area contributed by atoms with E-state index in [2.05, 4.69) is 4.98 Å². The van der Waals surface area contributed by atoms with Crippen LogP contribution in [0.4, 0.5) is 10.1 Å². The fraction of sp³-hybridized carbons (Fsp3) is 0.118. The number of ketones is 1. The van der Waals surface area contributed by atoms with Crippen molar-refractivity contribution in [3.05, 3.63) is 71.5 Å². The van der Waals surface area contributed by atoms with Gasteiger partial charge in [-0.25, -0.2) is 4.39 Å². The van der Waals surface area contributed by atoms with E-state index in [0.717, 1.165) is 0 Å². The highest BCUT2D eigenvalue weighted by atomic mass is 19.1. The van der Waals surface area contributed by atoms with E-state index in [9.17, 15) is 19.1 Å². The Kier molecular flexibility index (Phi) is 3.65. The van der Waals surface area contributed by atoms with Crippen molar-refractivity contribution >= 4 is 17.4 Å². The standard InChI is InChI=1S/C17H13FN2O3/c1-10(21)14-15(12-6-2-3-7-13(12)18)20(17(23)16(14)22)11-5-4-8-19-9-11/h2-9,15,22H,1H3/t15-/m1/s1. The molecule has 0 unspecified atom stereocenters. The zero-order valence-electron chi connectivity index (χ0n) is 12.2. The molecule has 1 N–H and O–H groups in total. The summed E-state index contributed by atoms with van der Waals surface area (Å²) in [6.07, 6.45) is 2.95. The van der Waals surface area contributed by atoms with Gasteiger partial charge in [-0.1, -0.05) is 18.2 Å². The Bertz CT molecular complexity index is 818. The van der Waals surface area contributed by atoms with E-state index in [1.165, 1.54) is 42.4 Å². The number of aliphatic hydroxyl groups is 1. The highest BCUT2D eigenvalue weighted by molar-refractivity contribution is 6.16. The number of hydrogen-bond acceptors (Lipinski definition) is 4. The molecular formula is C17H13FN2O3. The van der Waals surface area contributed by atoms with Crippen molar-refractivity contribution in [2.24, 2.45) is 0 Å². The van der Waals surface area contributed by atoms with Gasteiger partial charge in [0.1, 0.15) is 5.82 Å². The second-order valence-corrected chi connectivity index (χ2v) is 5.13. The van der Waals surface area contributed by atoms with E-state index < -0.39 is 29.3 Å². The fourth-order valence-corrected chi connectivity index (χ4v) is 2.72. The van der Waals surface area contributed by atoms with Gasteiger partial charge in [0.25, 0.3) is 5.91 Å². The van der Waals surface area contributed by atoms with Crippen molar-refractivity contribution in [1.29, 1.82) is 0 Å². The van der Waals surface area contributed by atoms with Crippen LogP contribution in [0.5, 0.6) is 0 Å². The summed E-state index contributed by atoms with van der Waals surface area (Å²) in [5.41, 5.74) is 0.386. The van der Waals surface area contributed by atoms with Crippen molar-refractivity contribution in [1.82, 2.24) is 4.98 Å². The Labute approximate surface area is 131 Å². The summed E-state index contributed by atoms with van der Waals surface area (Å²) in [6, 6.07) is 8.05. The second kappa shape index (κ2) is 5.64. The molecule has 1 aliphatic heterocycles. The summed E-state index contributed by atoms with van der Waals surface area (Å²) in [5.74, 6) is -2.46. The van der Waals surface area contributed by atoms with E-state index in [-0.39, 0.29) is 11.1 Å². The topological polar surface area (TPSA) is 70.5 Å². The largest absolute Gasteiger partial charge is 0.503 e. The normalized spacial score (nSPS) is 17.7. The third-order valence-electron chi connectivity index (χ3n) is 3.71. The molecule has 3 rings (SSSR count). The summed E-state index contributed by atoms with van der Waals surface area (Å²) < 4.78 is 14.3. The number of carbonyl (C=O) groups excluding carboxylic acids is 2. The van der Waals surface area contributed by atoms with Crippen LogP contribution in [-0.4, -0.2) is 21.8 Å². The summed E-state index contributed by atoms with van der Waals surface area (Å²) in [7, 11) is 0. The van der Waals surface area contributed by atoms with Gasteiger partial charge >= 0.3 is 0 Å². The van der Waals surface area contributed by atoms with Crippen LogP contribution in [0.15, 0.2) is 60.1 Å². The lowest BCUT2D eigenvalue weighted by atomic mass is 9.96. The molecule has 0 radical (unpaired) electrons. The third kappa shape index (κ3) is 2.38. The van der Waals surface area contributed by atoms with Crippen LogP contribution in [0.2, 0.25) is 0 Å². The molecule has 2 heterocycles. The summed E-state index contributed by atoms with van der Waals surface area (Å²) in [6.45, 7) is 1.24. The van der Waals surface area contributed by atoms with E-state index in [1.807, 2.05) is 0 Å². The maximum absolute atomic E-state index is 14.3. The zero-order chi connectivity index (χ0) is 16.6. The van der Waals surface area contributed by atoms with E-state index >= 15 is 0 Å². The zero-order valence-corrected chi connectivity index (χ0v) is 12.2. The van der Waals surface area contributed by atoms with Gasteiger partial charge in [-0.2, -0.15) is 0 Å². The molecule has 0 fully saturated rings. The number of pyridine rings is 1. The first-order valence-corrected chi connectivity index (χ1v) is 6.94. The van der Waals surface area contributed by atoms with Gasteiger partial charge in [0.15, 0.2) is 11.5 Å². The molecule has 0 saturated heterocycles. The molecule has 1 aromatic heterocycles. The van der Waals surface area contributed by atoms with Crippen LogP contribution < -0.4 is 4.90 Å². The highest BCUT2D eigenvalue weighted by Crippen LogP contribution is 2.41. The first-order chi connectivity index (χ1) is 11.0. The Balaban J connectivity index is 2.22. The molecule has 1 amide bonds. The van der Waals surface area contributed by atoms with Crippen LogP contribution in [-0.2, 0) is 9.59 Å². The molecule has 0 saturated carbocycles. The van der Waals surface area contributed by atoms with Gasteiger partial charge < -0.3 is 5.11 Å². The van der Waals surface area contributed by atoms with Crippen LogP contribution in [0.3, 0.4) is 0 Å². The smallest absolute Gasteiger partial charge is 0.294 e. The number of rotatable bonds is 3.